The number of carbonyl (C=O) groups is 1. The molecule has 2 rings (SSSR count). The number of halogens is 2. The van der Waals surface area contributed by atoms with Crippen molar-refractivity contribution in [3.63, 3.8) is 0 Å². The first kappa shape index (κ1) is 15.3. The van der Waals surface area contributed by atoms with E-state index in [4.69, 9.17) is 11.6 Å². The summed E-state index contributed by atoms with van der Waals surface area (Å²) < 4.78 is 13.1. The van der Waals surface area contributed by atoms with Gasteiger partial charge in [-0.25, -0.2) is 4.39 Å². The van der Waals surface area contributed by atoms with E-state index in [1.165, 1.54) is 18.2 Å². The molecule has 0 atom stereocenters. The summed E-state index contributed by atoms with van der Waals surface area (Å²) in [5, 5.41) is 3.31. The Morgan fingerprint density at radius 2 is 1.90 bits per heavy atom. The maximum Gasteiger partial charge on any atom is 0.255 e. The number of anilines is 2. The smallest absolute Gasteiger partial charge is 0.255 e. The zero-order chi connectivity index (χ0) is 15.6. The number of rotatable bonds is 3. The number of amides is 1. The van der Waals surface area contributed by atoms with E-state index in [0.717, 1.165) is 5.69 Å². The van der Waals surface area contributed by atoms with Crippen molar-refractivity contribution in [3.8, 4) is 0 Å². The minimum absolute atomic E-state index is 0.291. The van der Waals surface area contributed by atoms with Gasteiger partial charge in [0.05, 0.1) is 10.7 Å². The second-order valence-corrected chi connectivity index (χ2v) is 5.38. The summed E-state index contributed by atoms with van der Waals surface area (Å²) in [6, 6.07) is 9.36. The van der Waals surface area contributed by atoms with Crippen LogP contribution >= 0.6 is 11.6 Å². The molecular formula is C16H16ClFN2O. The van der Waals surface area contributed by atoms with Crippen LogP contribution in [-0.4, -0.2) is 20.0 Å². The van der Waals surface area contributed by atoms with Gasteiger partial charge in [-0.1, -0.05) is 11.6 Å². The molecule has 2 aromatic rings. The Morgan fingerprint density at radius 1 is 1.19 bits per heavy atom. The average molecular weight is 307 g/mol. The molecule has 0 heterocycles. The molecule has 0 unspecified atom stereocenters. The molecule has 0 bridgehead atoms. The van der Waals surface area contributed by atoms with Crippen LogP contribution in [0.2, 0.25) is 5.02 Å². The largest absolute Gasteiger partial charge is 0.376 e. The van der Waals surface area contributed by atoms with Crippen LogP contribution in [0.1, 0.15) is 15.9 Å². The lowest BCUT2D eigenvalue weighted by Crippen LogP contribution is -2.14. The highest BCUT2D eigenvalue weighted by molar-refractivity contribution is 6.33. The first-order valence-electron chi connectivity index (χ1n) is 6.43. The zero-order valence-electron chi connectivity index (χ0n) is 12.1. The van der Waals surface area contributed by atoms with Gasteiger partial charge in [0.15, 0.2) is 0 Å². The zero-order valence-corrected chi connectivity index (χ0v) is 12.8. The molecular weight excluding hydrogens is 291 g/mol. The van der Waals surface area contributed by atoms with E-state index in [9.17, 15) is 9.18 Å². The van der Waals surface area contributed by atoms with Crippen LogP contribution in [0, 0.1) is 12.7 Å². The van der Waals surface area contributed by atoms with Crippen molar-refractivity contribution in [2.75, 3.05) is 24.3 Å². The van der Waals surface area contributed by atoms with Crippen LogP contribution < -0.4 is 10.2 Å². The van der Waals surface area contributed by atoms with E-state index in [0.29, 0.717) is 21.8 Å². The molecule has 21 heavy (non-hydrogen) atoms. The summed E-state index contributed by atoms with van der Waals surface area (Å²) in [5.74, 6) is -0.649. The molecule has 2 aromatic carbocycles. The Morgan fingerprint density at radius 3 is 2.48 bits per heavy atom. The summed E-state index contributed by atoms with van der Waals surface area (Å²) in [7, 11) is 3.78. The van der Waals surface area contributed by atoms with E-state index in [-0.39, 0.29) is 11.7 Å². The average Bonchev–Trinajstić information content (AvgIpc) is 2.37. The van der Waals surface area contributed by atoms with Gasteiger partial charge in [-0.2, -0.15) is 0 Å². The van der Waals surface area contributed by atoms with Crippen LogP contribution in [0.25, 0.3) is 0 Å². The van der Waals surface area contributed by atoms with Crippen molar-refractivity contribution in [1.82, 2.24) is 0 Å². The van der Waals surface area contributed by atoms with Crippen molar-refractivity contribution in [2.24, 2.45) is 0 Å². The first-order chi connectivity index (χ1) is 9.88. The van der Waals surface area contributed by atoms with Crippen molar-refractivity contribution < 1.29 is 9.18 Å². The van der Waals surface area contributed by atoms with Gasteiger partial charge in [0.25, 0.3) is 5.91 Å². The van der Waals surface area contributed by atoms with Crippen LogP contribution in [-0.2, 0) is 0 Å². The van der Waals surface area contributed by atoms with Crippen molar-refractivity contribution in [2.45, 2.75) is 6.92 Å². The first-order valence-corrected chi connectivity index (χ1v) is 6.80. The molecule has 0 fully saturated rings. The Kier molecular flexibility index (Phi) is 4.48. The molecule has 3 nitrogen and oxygen atoms in total. The summed E-state index contributed by atoms with van der Waals surface area (Å²) in [5.41, 5.74) is 2.49. The van der Waals surface area contributed by atoms with Gasteiger partial charge in [0, 0.05) is 25.3 Å². The minimum atomic E-state index is -0.359. The lowest BCUT2D eigenvalue weighted by atomic mass is 10.1. The quantitative estimate of drug-likeness (QED) is 0.925. The van der Waals surface area contributed by atoms with Crippen molar-refractivity contribution in [3.05, 3.63) is 58.4 Å². The molecule has 0 saturated heterocycles. The molecule has 110 valence electrons. The number of nitrogens with zero attached hydrogens (tertiary/aromatic N) is 1. The maximum absolute atomic E-state index is 13.1. The van der Waals surface area contributed by atoms with Crippen LogP contribution in [0.3, 0.4) is 0 Å². The summed E-state index contributed by atoms with van der Waals surface area (Å²) >= 11 is 6.16. The highest BCUT2D eigenvalue weighted by Crippen LogP contribution is 2.27. The lowest BCUT2D eigenvalue weighted by molar-refractivity contribution is 0.102. The Balaban J connectivity index is 2.22. The van der Waals surface area contributed by atoms with Gasteiger partial charge in [0.2, 0.25) is 0 Å². The Labute approximate surface area is 128 Å². The third kappa shape index (κ3) is 3.52. The lowest BCUT2D eigenvalue weighted by Gasteiger charge is -2.15. The van der Waals surface area contributed by atoms with E-state index < -0.39 is 0 Å². The van der Waals surface area contributed by atoms with E-state index >= 15 is 0 Å². The summed E-state index contributed by atoms with van der Waals surface area (Å²) in [6.07, 6.45) is 0. The SMILES string of the molecule is Cc1cc(F)ccc1C(=O)Nc1ccc(N(C)C)c(Cl)c1. The van der Waals surface area contributed by atoms with Crippen LogP contribution in [0.15, 0.2) is 36.4 Å². The van der Waals surface area contributed by atoms with Gasteiger partial charge in [0.1, 0.15) is 5.82 Å². The second-order valence-electron chi connectivity index (χ2n) is 4.97. The normalized spacial score (nSPS) is 10.3. The molecule has 5 heteroatoms. The van der Waals surface area contributed by atoms with Gasteiger partial charge < -0.3 is 10.2 Å². The molecule has 0 radical (unpaired) electrons. The number of benzene rings is 2. The molecule has 1 N–H and O–H groups in total. The molecule has 0 aromatic heterocycles. The predicted octanol–water partition coefficient (Wildman–Crippen LogP) is 4.11. The van der Waals surface area contributed by atoms with Crippen molar-refractivity contribution in [1.29, 1.82) is 0 Å². The highest BCUT2D eigenvalue weighted by atomic mass is 35.5. The fourth-order valence-electron chi connectivity index (χ4n) is 2.03. The number of nitrogens with one attached hydrogen (secondary N) is 1. The highest BCUT2D eigenvalue weighted by Gasteiger charge is 2.11. The number of aryl methyl sites for hydroxylation is 1. The molecule has 0 aliphatic rings. The third-order valence-electron chi connectivity index (χ3n) is 3.12. The summed E-state index contributed by atoms with van der Waals surface area (Å²) in [4.78, 5) is 14.1. The Hall–Kier alpha value is -2.07. The van der Waals surface area contributed by atoms with Gasteiger partial charge in [-0.05, 0) is 48.9 Å². The van der Waals surface area contributed by atoms with Gasteiger partial charge in [-0.3, -0.25) is 4.79 Å². The molecule has 0 saturated carbocycles. The molecule has 0 aliphatic heterocycles. The standard InChI is InChI=1S/C16H16ClFN2O/c1-10-8-11(18)4-6-13(10)16(21)19-12-5-7-15(20(2)3)14(17)9-12/h4-9H,1-3H3,(H,19,21). The molecule has 1 amide bonds. The van der Waals surface area contributed by atoms with Crippen LogP contribution in [0.4, 0.5) is 15.8 Å². The molecule has 0 aliphatic carbocycles. The van der Waals surface area contributed by atoms with Gasteiger partial charge in [-0.15, -0.1) is 0 Å². The van der Waals surface area contributed by atoms with E-state index in [2.05, 4.69) is 5.32 Å². The van der Waals surface area contributed by atoms with Gasteiger partial charge >= 0.3 is 0 Å². The predicted molar refractivity (Wildman–Crippen MR) is 84.9 cm³/mol. The Bertz CT molecular complexity index is 686. The maximum atomic E-state index is 13.1. The van der Waals surface area contributed by atoms with E-state index in [1.54, 1.807) is 19.1 Å². The monoisotopic (exact) mass is 306 g/mol. The number of hydrogen-bond acceptors (Lipinski definition) is 2. The molecule has 0 spiro atoms. The fourth-order valence-corrected chi connectivity index (χ4v) is 2.38. The van der Waals surface area contributed by atoms with Crippen LogP contribution in [0.5, 0.6) is 0 Å². The van der Waals surface area contributed by atoms with E-state index in [1.807, 2.05) is 25.1 Å². The number of hydrogen-bond donors (Lipinski definition) is 1. The second kappa shape index (κ2) is 6.14. The summed E-state index contributed by atoms with van der Waals surface area (Å²) in [6.45, 7) is 1.69. The topological polar surface area (TPSA) is 32.3 Å². The fraction of sp³-hybridized carbons (Fsp3) is 0.188. The minimum Gasteiger partial charge on any atom is -0.376 e. The third-order valence-corrected chi connectivity index (χ3v) is 3.42. The number of carbonyl (C=O) groups excluding carboxylic acids is 1. The van der Waals surface area contributed by atoms with Crippen molar-refractivity contribution >= 4 is 28.9 Å².